The number of aliphatic hydroxyl groups excluding tert-OH is 1. The summed E-state index contributed by atoms with van der Waals surface area (Å²) < 4.78 is 6.39. The van der Waals surface area contributed by atoms with Gasteiger partial charge in [0, 0.05) is 4.47 Å². The highest BCUT2D eigenvalue weighted by molar-refractivity contribution is 9.10. The Morgan fingerprint density at radius 2 is 2.06 bits per heavy atom. The summed E-state index contributed by atoms with van der Waals surface area (Å²) in [5.74, 6) is 0.735. The maximum absolute atomic E-state index is 9.51. The SMILES string of the molecule is CCONCC(O)COc1ccc(Br)cc1. The lowest BCUT2D eigenvalue weighted by molar-refractivity contribution is 0.00949. The lowest BCUT2D eigenvalue weighted by Gasteiger charge is -2.12. The molecule has 2 N–H and O–H groups in total. The molecule has 16 heavy (non-hydrogen) atoms. The largest absolute Gasteiger partial charge is 0.491 e. The second-order valence-electron chi connectivity index (χ2n) is 3.20. The van der Waals surface area contributed by atoms with Crippen molar-refractivity contribution in [1.29, 1.82) is 0 Å². The molecule has 0 bridgehead atoms. The molecule has 0 aromatic heterocycles. The summed E-state index contributed by atoms with van der Waals surface area (Å²) in [5.41, 5.74) is 2.64. The predicted molar refractivity (Wildman–Crippen MR) is 65.3 cm³/mol. The molecule has 0 fully saturated rings. The van der Waals surface area contributed by atoms with Gasteiger partial charge in [0.1, 0.15) is 18.5 Å². The van der Waals surface area contributed by atoms with Crippen LogP contribution in [0.1, 0.15) is 6.92 Å². The van der Waals surface area contributed by atoms with E-state index in [1.54, 1.807) is 0 Å². The molecule has 90 valence electrons. The van der Waals surface area contributed by atoms with Crippen LogP contribution in [-0.4, -0.2) is 31.0 Å². The smallest absolute Gasteiger partial charge is 0.119 e. The highest BCUT2D eigenvalue weighted by Crippen LogP contribution is 2.16. The number of hydroxylamine groups is 1. The average Bonchev–Trinajstić information content (AvgIpc) is 2.29. The van der Waals surface area contributed by atoms with Crippen molar-refractivity contribution in [2.45, 2.75) is 13.0 Å². The van der Waals surface area contributed by atoms with Gasteiger partial charge in [-0.1, -0.05) is 15.9 Å². The van der Waals surface area contributed by atoms with Crippen molar-refractivity contribution in [2.75, 3.05) is 19.8 Å². The first kappa shape index (κ1) is 13.4. The van der Waals surface area contributed by atoms with Gasteiger partial charge in [-0.25, -0.2) is 0 Å². The summed E-state index contributed by atoms with van der Waals surface area (Å²) in [7, 11) is 0. The van der Waals surface area contributed by atoms with Gasteiger partial charge in [0.15, 0.2) is 0 Å². The minimum atomic E-state index is -0.588. The van der Waals surface area contributed by atoms with Gasteiger partial charge in [-0.05, 0) is 31.2 Å². The van der Waals surface area contributed by atoms with E-state index in [0.29, 0.717) is 13.2 Å². The lowest BCUT2D eigenvalue weighted by atomic mass is 10.3. The molecular weight excluding hydrogens is 274 g/mol. The van der Waals surface area contributed by atoms with E-state index in [2.05, 4.69) is 21.4 Å². The van der Waals surface area contributed by atoms with Crippen LogP contribution in [-0.2, 0) is 4.84 Å². The van der Waals surface area contributed by atoms with Gasteiger partial charge >= 0.3 is 0 Å². The molecule has 1 atom stereocenters. The van der Waals surface area contributed by atoms with Crippen LogP contribution in [0.3, 0.4) is 0 Å². The monoisotopic (exact) mass is 289 g/mol. The summed E-state index contributed by atoms with van der Waals surface area (Å²) in [5, 5.41) is 9.51. The number of ether oxygens (including phenoxy) is 1. The van der Waals surface area contributed by atoms with Crippen LogP contribution in [0.15, 0.2) is 28.7 Å². The number of halogens is 1. The Morgan fingerprint density at radius 1 is 1.38 bits per heavy atom. The van der Waals surface area contributed by atoms with Gasteiger partial charge in [0.05, 0.1) is 13.2 Å². The number of hydrogen-bond donors (Lipinski definition) is 2. The van der Waals surface area contributed by atoms with Gasteiger partial charge in [0.2, 0.25) is 0 Å². The summed E-state index contributed by atoms with van der Waals surface area (Å²) in [4.78, 5) is 4.90. The Kier molecular flexibility index (Phi) is 6.40. The molecule has 0 heterocycles. The molecule has 0 spiro atoms. The minimum Gasteiger partial charge on any atom is -0.491 e. The summed E-state index contributed by atoms with van der Waals surface area (Å²) in [6.45, 7) is 3.03. The minimum absolute atomic E-state index is 0.238. The summed E-state index contributed by atoms with van der Waals surface area (Å²) in [6.07, 6.45) is -0.588. The predicted octanol–water partition coefficient (Wildman–Crippen LogP) is 1.73. The molecule has 0 aliphatic carbocycles. The fraction of sp³-hybridized carbons (Fsp3) is 0.455. The van der Waals surface area contributed by atoms with E-state index in [-0.39, 0.29) is 6.61 Å². The second-order valence-corrected chi connectivity index (χ2v) is 4.12. The third-order valence-corrected chi connectivity index (χ3v) is 2.35. The van der Waals surface area contributed by atoms with Gasteiger partial charge in [-0.2, -0.15) is 5.48 Å². The molecule has 0 saturated heterocycles. The average molecular weight is 290 g/mol. The molecule has 0 saturated carbocycles. The zero-order valence-electron chi connectivity index (χ0n) is 9.15. The van der Waals surface area contributed by atoms with E-state index in [4.69, 9.17) is 9.57 Å². The highest BCUT2D eigenvalue weighted by atomic mass is 79.9. The third kappa shape index (κ3) is 5.46. The molecule has 0 amide bonds. The van der Waals surface area contributed by atoms with Crippen LogP contribution in [0.5, 0.6) is 5.75 Å². The number of aliphatic hydroxyl groups is 1. The third-order valence-electron chi connectivity index (χ3n) is 1.82. The van der Waals surface area contributed by atoms with E-state index in [1.165, 1.54) is 0 Å². The molecule has 4 nitrogen and oxygen atoms in total. The molecule has 1 aromatic rings. The van der Waals surface area contributed by atoms with Crippen molar-refractivity contribution in [3.8, 4) is 5.75 Å². The van der Waals surface area contributed by atoms with Crippen LogP contribution in [0.2, 0.25) is 0 Å². The zero-order chi connectivity index (χ0) is 11.8. The Hall–Kier alpha value is -0.620. The Bertz CT molecular complexity index is 292. The van der Waals surface area contributed by atoms with E-state index in [1.807, 2.05) is 31.2 Å². The number of nitrogens with one attached hydrogen (secondary N) is 1. The van der Waals surface area contributed by atoms with Crippen molar-refractivity contribution in [1.82, 2.24) is 5.48 Å². The van der Waals surface area contributed by atoms with Gasteiger partial charge in [-0.3, -0.25) is 0 Å². The molecule has 0 radical (unpaired) electrons. The molecule has 1 unspecified atom stereocenters. The van der Waals surface area contributed by atoms with E-state index in [0.717, 1.165) is 10.2 Å². The van der Waals surface area contributed by atoms with Crippen LogP contribution >= 0.6 is 15.9 Å². The topological polar surface area (TPSA) is 50.7 Å². The van der Waals surface area contributed by atoms with Crippen molar-refractivity contribution in [3.05, 3.63) is 28.7 Å². The lowest BCUT2D eigenvalue weighted by Crippen LogP contribution is -2.31. The van der Waals surface area contributed by atoms with Gasteiger partial charge < -0.3 is 14.7 Å². The maximum atomic E-state index is 9.51. The van der Waals surface area contributed by atoms with Crippen molar-refractivity contribution >= 4 is 15.9 Å². The van der Waals surface area contributed by atoms with E-state index in [9.17, 15) is 5.11 Å². The molecule has 0 aliphatic heterocycles. The second kappa shape index (κ2) is 7.62. The van der Waals surface area contributed by atoms with Gasteiger partial charge in [0.25, 0.3) is 0 Å². The van der Waals surface area contributed by atoms with Crippen molar-refractivity contribution < 1.29 is 14.7 Å². The fourth-order valence-corrected chi connectivity index (χ4v) is 1.30. The standard InChI is InChI=1S/C11H16BrNO3/c1-2-16-13-7-10(14)8-15-11-5-3-9(12)4-6-11/h3-6,10,13-14H,2,7-8H2,1H3. The van der Waals surface area contributed by atoms with E-state index >= 15 is 0 Å². The molecule has 1 aromatic carbocycles. The Morgan fingerprint density at radius 3 is 2.69 bits per heavy atom. The summed E-state index contributed by atoms with van der Waals surface area (Å²) >= 11 is 3.34. The first-order valence-electron chi connectivity index (χ1n) is 5.13. The molecule has 5 heteroatoms. The molecule has 0 aliphatic rings. The number of rotatable bonds is 7. The first-order valence-corrected chi connectivity index (χ1v) is 5.92. The van der Waals surface area contributed by atoms with Crippen molar-refractivity contribution in [3.63, 3.8) is 0 Å². The highest BCUT2D eigenvalue weighted by Gasteiger charge is 2.04. The van der Waals surface area contributed by atoms with Crippen LogP contribution in [0.25, 0.3) is 0 Å². The zero-order valence-corrected chi connectivity index (χ0v) is 10.7. The maximum Gasteiger partial charge on any atom is 0.119 e. The molecular formula is C11H16BrNO3. The van der Waals surface area contributed by atoms with Crippen LogP contribution in [0.4, 0.5) is 0 Å². The number of hydrogen-bond acceptors (Lipinski definition) is 4. The van der Waals surface area contributed by atoms with Crippen LogP contribution in [0, 0.1) is 0 Å². The molecule has 1 rings (SSSR count). The quantitative estimate of drug-likeness (QED) is 0.593. The van der Waals surface area contributed by atoms with Crippen molar-refractivity contribution in [2.24, 2.45) is 0 Å². The van der Waals surface area contributed by atoms with Crippen LogP contribution < -0.4 is 10.2 Å². The Labute approximate surface area is 104 Å². The summed E-state index contributed by atoms with van der Waals surface area (Å²) in [6, 6.07) is 7.46. The Balaban J connectivity index is 2.20. The fourth-order valence-electron chi connectivity index (χ4n) is 1.04. The first-order chi connectivity index (χ1) is 7.72. The number of benzene rings is 1. The normalized spacial score (nSPS) is 12.4. The van der Waals surface area contributed by atoms with E-state index < -0.39 is 6.10 Å². The van der Waals surface area contributed by atoms with Gasteiger partial charge in [-0.15, -0.1) is 0 Å².